The summed E-state index contributed by atoms with van der Waals surface area (Å²) in [4.78, 5) is 11.6. The van der Waals surface area contributed by atoms with Crippen LogP contribution in [0.1, 0.15) is 43.4 Å². The molecule has 2 nitrogen and oxygen atoms in total. The van der Waals surface area contributed by atoms with Gasteiger partial charge in [0.1, 0.15) is 0 Å². The van der Waals surface area contributed by atoms with Crippen molar-refractivity contribution in [3.63, 3.8) is 0 Å². The molecule has 0 heterocycles. The van der Waals surface area contributed by atoms with Gasteiger partial charge in [0.15, 0.2) is 0 Å². The normalized spacial score (nSPS) is 12.9. The number of aliphatic carboxylic acids is 1. The highest BCUT2D eigenvalue weighted by Crippen LogP contribution is 2.26. The summed E-state index contributed by atoms with van der Waals surface area (Å²) in [5.74, 6) is -1.27. The van der Waals surface area contributed by atoms with Gasteiger partial charge in [-0.3, -0.25) is 4.79 Å². The summed E-state index contributed by atoms with van der Waals surface area (Å²) < 4.78 is 0. The Morgan fingerprint density at radius 1 is 1.00 bits per heavy atom. The van der Waals surface area contributed by atoms with Crippen molar-refractivity contribution in [3.05, 3.63) is 71.3 Å². The first-order chi connectivity index (χ1) is 9.88. The highest BCUT2D eigenvalue weighted by atomic mass is 16.4. The molecule has 2 rings (SSSR count). The molecule has 0 aliphatic rings. The number of carbonyl (C=O) groups is 1. The third kappa shape index (κ3) is 3.94. The fourth-order valence-electron chi connectivity index (χ4n) is 2.41. The van der Waals surface area contributed by atoms with E-state index in [4.69, 9.17) is 0 Å². The molecule has 1 atom stereocenters. The molecule has 0 unspecified atom stereocenters. The first kappa shape index (κ1) is 15.3. The summed E-state index contributed by atoms with van der Waals surface area (Å²) in [5.41, 5.74) is 3.20. The fraction of sp³-hybridized carbons (Fsp3) is 0.316. The Labute approximate surface area is 126 Å². The summed E-state index contributed by atoms with van der Waals surface area (Å²) in [7, 11) is 0. The molecule has 0 aliphatic heterocycles. The maximum Gasteiger partial charge on any atom is 0.311 e. The lowest BCUT2D eigenvalue weighted by Crippen LogP contribution is -2.15. The average molecular weight is 282 g/mol. The molecule has 0 fully saturated rings. The zero-order valence-electron chi connectivity index (χ0n) is 12.8. The van der Waals surface area contributed by atoms with Crippen molar-refractivity contribution in [2.24, 2.45) is 0 Å². The van der Waals surface area contributed by atoms with Crippen molar-refractivity contribution in [2.75, 3.05) is 0 Å². The molecule has 2 heteroatoms. The third-order valence-electron chi connectivity index (χ3n) is 3.76. The molecule has 1 N–H and O–H groups in total. The molecular formula is C19H22O2. The van der Waals surface area contributed by atoms with E-state index < -0.39 is 11.9 Å². The smallest absolute Gasteiger partial charge is 0.311 e. The molecular weight excluding hydrogens is 260 g/mol. The van der Waals surface area contributed by atoms with Gasteiger partial charge in [-0.25, -0.2) is 0 Å². The predicted octanol–water partition coefficient (Wildman–Crippen LogP) is 4.40. The Balaban J connectivity index is 2.25. The van der Waals surface area contributed by atoms with Crippen LogP contribution in [0.25, 0.3) is 0 Å². The lowest BCUT2D eigenvalue weighted by atomic mass is 9.84. The molecule has 2 aromatic carbocycles. The molecule has 0 radical (unpaired) electrons. The fourth-order valence-corrected chi connectivity index (χ4v) is 2.41. The molecule has 0 spiro atoms. The molecule has 0 amide bonds. The highest BCUT2D eigenvalue weighted by Gasteiger charge is 2.21. The highest BCUT2D eigenvalue weighted by molar-refractivity contribution is 5.76. The van der Waals surface area contributed by atoms with Crippen LogP contribution >= 0.6 is 0 Å². The minimum Gasteiger partial charge on any atom is -0.481 e. The molecule has 0 saturated carbocycles. The van der Waals surface area contributed by atoms with Gasteiger partial charge in [0.05, 0.1) is 5.92 Å². The van der Waals surface area contributed by atoms with Crippen molar-refractivity contribution in [3.8, 4) is 0 Å². The van der Waals surface area contributed by atoms with E-state index in [0.29, 0.717) is 6.42 Å². The second-order valence-corrected chi connectivity index (χ2v) is 6.45. The Morgan fingerprint density at radius 2 is 1.57 bits per heavy atom. The van der Waals surface area contributed by atoms with Crippen LogP contribution < -0.4 is 0 Å². The summed E-state index contributed by atoms with van der Waals surface area (Å²) >= 11 is 0. The van der Waals surface area contributed by atoms with Crippen LogP contribution in [0, 0.1) is 0 Å². The molecule has 110 valence electrons. The third-order valence-corrected chi connectivity index (χ3v) is 3.76. The quantitative estimate of drug-likeness (QED) is 0.902. The monoisotopic (exact) mass is 282 g/mol. The topological polar surface area (TPSA) is 37.3 Å². The van der Waals surface area contributed by atoms with Gasteiger partial charge in [-0.05, 0) is 28.5 Å². The first-order valence-corrected chi connectivity index (χ1v) is 7.25. The standard InChI is InChI=1S/C19H22O2/c1-19(2,3)16-11-9-15(10-12-16)17(18(20)21)13-14-7-5-4-6-8-14/h4-12,17H,13H2,1-3H3,(H,20,21)/t17-/m1/s1. The SMILES string of the molecule is CC(C)(C)c1ccc([C@@H](Cc2ccccc2)C(=O)O)cc1. The molecule has 0 bridgehead atoms. The van der Waals surface area contributed by atoms with Crippen LogP contribution in [-0.2, 0) is 16.6 Å². The van der Waals surface area contributed by atoms with Gasteiger partial charge in [-0.15, -0.1) is 0 Å². The Kier molecular flexibility index (Phi) is 4.46. The summed E-state index contributed by atoms with van der Waals surface area (Å²) in [5, 5.41) is 9.52. The second-order valence-electron chi connectivity index (χ2n) is 6.45. The van der Waals surface area contributed by atoms with E-state index in [9.17, 15) is 9.90 Å². The Bertz CT molecular complexity index is 592. The molecule has 21 heavy (non-hydrogen) atoms. The van der Waals surface area contributed by atoms with Crippen LogP contribution in [0.4, 0.5) is 0 Å². The predicted molar refractivity (Wildman–Crippen MR) is 85.7 cm³/mol. The maximum absolute atomic E-state index is 11.6. The second kappa shape index (κ2) is 6.13. The molecule has 0 aromatic heterocycles. The molecule has 0 saturated heterocycles. The van der Waals surface area contributed by atoms with Crippen LogP contribution in [0.3, 0.4) is 0 Å². The zero-order chi connectivity index (χ0) is 15.5. The number of carboxylic acid groups (broad SMARTS) is 1. The maximum atomic E-state index is 11.6. The average Bonchev–Trinajstić information content (AvgIpc) is 2.45. The van der Waals surface area contributed by atoms with Crippen molar-refractivity contribution >= 4 is 5.97 Å². The van der Waals surface area contributed by atoms with Gasteiger partial charge in [0, 0.05) is 0 Å². The van der Waals surface area contributed by atoms with Gasteiger partial charge in [0.25, 0.3) is 0 Å². The Morgan fingerprint density at radius 3 is 2.05 bits per heavy atom. The van der Waals surface area contributed by atoms with Crippen LogP contribution in [0.15, 0.2) is 54.6 Å². The minimum atomic E-state index is -0.776. The van der Waals surface area contributed by atoms with E-state index >= 15 is 0 Å². The van der Waals surface area contributed by atoms with Crippen LogP contribution in [-0.4, -0.2) is 11.1 Å². The number of benzene rings is 2. The molecule has 0 aliphatic carbocycles. The van der Waals surface area contributed by atoms with Crippen molar-refractivity contribution in [1.82, 2.24) is 0 Å². The lowest BCUT2D eigenvalue weighted by Gasteiger charge is -2.20. The number of hydrogen-bond donors (Lipinski definition) is 1. The summed E-state index contributed by atoms with van der Waals surface area (Å²) in [6.07, 6.45) is 0.519. The van der Waals surface area contributed by atoms with Gasteiger partial charge in [-0.1, -0.05) is 75.4 Å². The first-order valence-electron chi connectivity index (χ1n) is 7.25. The van der Waals surface area contributed by atoms with E-state index in [1.165, 1.54) is 5.56 Å². The summed E-state index contributed by atoms with van der Waals surface area (Å²) in [6, 6.07) is 17.7. The number of rotatable bonds is 4. The van der Waals surface area contributed by atoms with Gasteiger partial charge in [-0.2, -0.15) is 0 Å². The van der Waals surface area contributed by atoms with E-state index in [2.05, 4.69) is 20.8 Å². The number of carboxylic acids is 1. The van der Waals surface area contributed by atoms with Crippen LogP contribution in [0.2, 0.25) is 0 Å². The van der Waals surface area contributed by atoms with E-state index in [-0.39, 0.29) is 5.41 Å². The lowest BCUT2D eigenvalue weighted by molar-refractivity contribution is -0.138. The Hall–Kier alpha value is -2.09. The van der Waals surface area contributed by atoms with Crippen molar-refractivity contribution in [2.45, 2.75) is 38.5 Å². The molecule has 2 aromatic rings. The van der Waals surface area contributed by atoms with Gasteiger partial charge < -0.3 is 5.11 Å². The van der Waals surface area contributed by atoms with Gasteiger partial charge in [0.2, 0.25) is 0 Å². The van der Waals surface area contributed by atoms with Crippen molar-refractivity contribution < 1.29 is 9.90 Å². The van der Waals surface area contributed by atoms with Crippen molar-refractivity contribution in [1.29, 1.82) is 0 Å². The largest absolute Gasteiger partial charge is 0.481 e. The van der Waals surface area contributed by atoms with Gasteiger partial charge >= 0.3 is 5.97 Å². The van der Waals surface area contributed by atoms with Crippen LogP contribution in [0.5, 0.6) is 0 Å². The number of hydrogen-bond acceptors (Lipinski definition) is 1. The summed E-state index contributed by atoms with van der Waals surface area (Å²) in [6.45, 7) is 6.46. The minimum absolute atomic E-state index is 0.0800. The van der Waals surface area contributed by atoms with E-state index in [1.807, 2.05) is 54.6 Å². The zero-order valence-corrected chi connectivity index (χ0v) is 12.8. The van der Waals surface area contributed by atoms with E-state index in [0.717, 1.165) is 11.1 Å². The van der Waals surface area contributed by atoms with E-state index in [1.54, 1.807) is 0 Å².